The molecule has 2 N–H and O–H groups in total. The second kappa shape index (κ2) is 13.1. The van der Waals surface area contributed by atoms with Gasteiger partial charge in [0.1, 0.15) is 0 Å². The standard InChI is InChI=1S/C22H26N6O3S/c23-11-6-13-27(14-7-12-24)20(30)16-32-22-26-18-9-4-3-8-17(18)21(31)28(22)15-5-1-2-10-19(25)29/h3-4,8-9H,1-2,5-7,10,13-16H2,(H2,25,29). The van der Waals surface area contributed by atoms with Gasteiger partial charge in [-0.3, -0.25) is 19.0 Å². The Balaban J connectivity index is 2.18. The van der Waals surface area contributed by atoms with Gasteiger partial charge in [0.2, 0.25) is 11.8 Å². The molecule has 0 atom stereocenters. The SMILES string of the molecule is N#CCCN(CCC#N)C(=O)CSc1nc2ccccc2c(=O)n1CCCCCC(N)=O. The van der Waals surface area contributed by atoms with Crippen molar-refractivity contribution in [3.8, 4) is 12.1 Å². The lowest BCUT2D eigenvalue weighted by molar-refractivity contribution is -0.128. The van der Waals surface area contributed by atoms with Crippen molar-refractivity contribution >= 4 is 34.5 Å². The van der Waals surface area contributed by atoms with Crippen molar-refractivity contribution < 1.29 is 9.59 Å². The van der Waals surface area contributed by atoms with Crippen LogP contribution in [0.25, 0.3) is 10.9 Å². The molecule has 2 rings (SSSR count). The van der Waals surface area contributed by atoms with E-state index in [1.807, 2.05) is 12.1 Å². The molecule has 168 valence electrons. The summed E-state index contributed by atoms with van der Waals surface area (Å²) in [5.41, 5.74) is 5.55. The number of amides is 2. The van der Waals surface area contributed by atoms with Crippen LogP contribution >= 0.6 is 11.8 Å². The predicted molar refractivity (Wildman–Crippen MR) is 121 cm³/mol. The van der Waals surface area contributed by atoms with E-state index < -0.39 is 0 Å². The van der Waals surface area contributed by atoms with Gasteiger partial charge in [0.25, 0.3) is 5.56 Å². The number of aromatic nitrogens is 2. The summed E-state index contributed by atoms with van der Waals surface area (Å²) in [4.78, 5) is 42.7. The summed E-state index contributed by atoms with van der Waals surface area (Å²) in [5.74, 6) is -0.513. The molecule has 0 bridgehead atoms. The number of carbonyl (C=O) groups is 2. The Bertz CT molecular complexity index is 1070. The zero-order chi connectivity index (χ0) is 23.3. The maximum Gasteiger partial charge on any atom is 0.262 e. The van der Waals surface area contributed by atoms with Gasteiger partial charge in [0.05, 0.1) is 41.6 Å². The number of rotatable bonds is 13. The van der Waals surface area contributed by atoms with Gasteiger partial charge >= 0.3 is 0 Å². The Kier molecular flexibility index (Phi) is 10.2. The minimum absolute atomic E-state index is 0.0450. The lowest BCUT2D eigenvalue weighted by Crippen LogP contribution is -2.34. The second-order valence-corrected chi connectivity index (χ2v) is 8.07. The summed E-state index contributed by atoms with van der Waals surface area (Å²) >= 11 is 1.17. The molecule has 0 aliphatic heterocycles. The summed E-state index contributed by atoms with van der Waals surface area (Å²) < 4.78 is 1.57. The van der Waals surface area contributed by atoms with Gasteiger partial charge in [-0.05, 0) is 25.0 Å². The molecule has 0 aliphatic rings. The molecule has 2 amide bonds. The second-order valence-electron chi connectivity index (χ2n) is 7.13. The first kappa shape index (κ1) is 24.9. The summed E-state index contributed by atoms with van der Waals surface area (Å²) in [7, 11) is 0. The highest BCUT2D eigenvalue weighted by Crippen LogP contribution is 2.19. The Hall–Kier alpha value is -3.37. The molecule has 1 aromatic heterocycles. The lowest BCUT2D eigenvalue weighted by Gasteiger charge is -2.20. The van der Waals surface area contributed by atoms with E-state index in [-0.39, 0.29) is 49.1 Å². The first-order valence-electron chi connectivity index (χ1n) is 10.4. The van der Waals surface area contributed by atoms with Gasteiger partial charge in [0, 0.05) is 26.1 Å². The first-order chi connectivity index (χ1) is 15.5. The molecule has 0 aliphatic carbocycles. The van der Waals surface area contributed by atoms with E-state index in [9.17, 15) is 14.4 Å². The zero-order valence-corrected chi connectivity index (χ0v) is 18.6. The van der Waals surface area contributed by atoms with E-state index in [0.29, 0.717) is 41.9 Å². The van der Waals surface area contributed by atoms with Gasteiger partial charge < -0.3 is 10.6 Å². The van der Waals surface area contributed by atoms with Gasteiger partial charge in [-0.15, -0.1) is 0 Å². The Morgan fingerprint density at radius 3 is 2.44 bits per heavy atom. The van der Waals surface area contributed by atoms with Crippen LogP contribution in [0.4, 0.5) is 0 Å². The number of fused-ring (bicyclic) bond motifs is 1. The summed E-state index contributed by atoms with van der Waals surface area (Å²) in [5, 5.41) is 18.6. The average molecular weight is 455 g/mol. The van der Waals surface area contributed by atoms with Crippen LogP contribution in [0.3, 0.4) is 0 Å². The van der Waals surface area contributed by atoms with Crippen LogP contribution in [0.5, 0.6) is 0 Å². The molecule has 0 fully saturated rings. The van der Waals surface area contributed by atoms with Gasteiger partial charge in [-0.2, -0.15) is 10.5 Å². The largest absolute Gasteiger partial charge is 0.370 e. The maximum atomic E-state index is 13.1. The number of nitrogens with two attached hydrogens (primary N) is 1. The van der Waals surface area contributed by atoms with Crippen LogP contribution in [0.1, 0.15) is 38.5 Å². The molecule has 0 radical (unpaired) electrons. The number of hydrogen-bond acceptors (Lipinski definition) is 7. The Morgan fingerprint density at radius 1 is 1.09 bits per heavy atom. The molecule has 1 aromatic carbocycles. The first-order valence-corrected chi connectivity index (χ1v) is 11.4. The van der Waals surface area contributed by atoms with E-state index in [2.05, 4.69) is 4.98 Å². The topological polar surface area (TPSA) is 146 Å². The number of nitrogens with zero attached hydrogens (tertiary/aromatic N) is 5. The quantitative estimate of drug-likeness (QED) is 0.277. The summed E-state index contributed by atoms with van der Waals surface area (Å²) in [6, 6.07) is 11.1. The van der Waals surface area contributed by atoms with Crippen molar-refractivity contribution in [1.29, 1.82) is 10.5 Å². The third kappa shape index (κ3) is 7.40. The van der Waals surface area contributed by atoms with Crippen LogP contribution in [0.2, 0.25) is 0 Å². The molecule has 0 spiro atoms. The van der Waals surface area contributed by atoms with E-state index in [4.69, 9.17) is 16.3 Å². The highest BCUT2D eigenvalue weighted by atomic mass is 32.2. The zero-order valence-electron chi connectivity index (χ0n) is 17.8. The third-order valence-electron chi connectivity index (χ3n) is 4.80. The molecular formula is C22H26N6O3S. The monoisotopic (exact) mass is 454 g/mol. The van der Waals surface area contributed by atoms with Gasteiger partial charge in [-0.25, -0.2) is 4.98 Å². The third-order valence-corrected chi connectivity index (χ3v) is 5.76. The van der Waals surface area contributed by atoms with Crippen molar-refractivity contribution in [2.24, 2.45) is 5.73 Å². The van der Waals surface area contributed by atoms with E-state index in [1.165, 1.54) is 16.7 Å². The van der Waals surface area contributed by atoms with E-state index >= 15 is 0 Å². The van der Waals surface area contributed by atoms with Crippen LogP contribution < -0.4 is 11.3 Å². The number of carbonyl (C=O) groups excluding carboxylic acids is 2. The van der Waals surface area contributed by atoms with Crippen LogP contribution in [0.15, 0.2) is 34.2 Å². The summed E-state index contributed by atoms with van der Waals surface area (Å²) in [6.45, 7) is 0.934. The number of unbranched alkanes of at least 4 members (excludes halogenated alkanes) is 2. The van der Waals surface area contributed by atoms with Crippen molar-refractivity contribution in [2.75, 3.05) is 18.8 Å². The fourth-order valence-electron chi connectivity index (χ4n) is 3.15. The molecule has 2 aromatic rings. The Labute approximate surface area is 190 Å². The molecule has 0 saturated heterocycles. The van der Waals surface area contributed by atoms with Crippen molar-refractivity contribution in [3.05, 3.63) is 34.6 Å². The van der Waals surface area contributed by atoms with E-state index in [0.717, 1.165) is 6.42 Å². The molecule has 32 heavy (non-hydrogen) atoms. The van der Waals surface area contributed by atoms with Crippen molar-refractivity contribution in [3.63, 3.8) is 0 Å². The van der Waals surface area contributed by atoms with Crippen LogP contribution in [-0.2, 0) is 16.1 Å². The minimum Gasteiger partial charge on any atom is -0.370 e. The highest BCUT2D eigenvalue weighted by Gasteiger charge is 2.17. The van der Waals surface area contributed by atoms with Crippen LogP contribution in [0, 0.1) is 22.7 Å². The number of para-hydroxylation sites is 1. The lowest BCUT2D eigenvalue weighted by atomic mass is 10.2. The molecule has 10 heteroatoms. The fourth-order valence-corrected chi connectivity index (χ4v) is 4.08. The molecule has 9 nitrogen and oxygen atoms in total. The average Bonchev–Trinajstić information content (AvgIpc) is 2.78. The number of thioether (sulfide) groups is 1. The number of hydrogen-bond donors (Lipinski definition) is 1. The number of benzene rings is 1. The van der Waals surface area contributed by atoms with Crippen molar-refractivity contribution in [2.45, 2.75) is 50.2 Å². The number of primary amides is 1. The minimum atomic E-state index is -0.346. The normalized spacial score (nSPS) is 10.4. The Morgan fingerprint density at radius 2 is 1.78 bits per heavy atom. The smallest absolute Gasteiger partial charge is 0.262 e. The molecular weight excluding hydrogens is 428 g/mol. The summed E-state index contributed by atoms with van der Waals surface area (Å²) in [6.07, 6.45) is 2.74. The number of nitriles is 2. The highest BCUT2D eigenvalue weighted by molar-refractivity contribution is 7.99. The fraction of sp³-hybridized carbons (Fsp3) is 0.455. The molecule has 1 heterocycles. The van der Waals surface area contributed by atoms with Gasteiger partial charge in [-0.1, -0.05) is 30.3 Å². The molecule has 0 saturated carbocycles. The van der Waals surface area contributed by atoms with E-state index in [1.54, 1.807) is 28.8 Å². The maximum absolute atomic E-state index is 13.1. The molecule has 0 unspecified atom stereocenters. The predicted octanol–water partition coefficient (Wildman–Crippen LogP) is 2.19. The van der Waals surface area contributed by atoms with Crippen LogP contribution in [-0.4, -0.2) is 45.1 Å². The van der Waals surface area contributed by atoms with Crippen molar-refractivity contribution in [1.82, 2.24) is 14.5 Å². The van der Waals surface area contributed by atoms with Gasteiger partial charge in [0.15, 0.2) is 5.16 Å².